The average Bonchev–Trinajstić information content (AvgIpc) is 2.36. The Hall–Kier alpha value is -1.03. The summed E-state index contributed by atoms with van der Waals surface area (Å²) in [6, 6.07) is 0. The Kier molecular flexibility index (Phi) is 7.87. The molecule has 0 aliphatic heterocycles. The maximum Gasteiger partial charge on any atom is 0.306 e. The molecule has 0 aromatic heterocycles. The lowest BCUT2D eigenvalue weighted by Gasteiger charge is -2.23. The molecular weight excluding hydrogens is 256 g/mol. The fourth-order valence-corrected chi connectivity index (χ4v) is 1.13. The van der Waals surface area contributed by atoms with Gasteiger partial charge >= 0.3 is 5.97 Å². The fourth-order valence-electron chi connectivity index (χ4n) is 1.13. The van der Waals surface area contributed by atoms with E-state index in [1.54, 1.807) is 0 Å². The number of allylic oxidation sites excluding steroid dienone is 1. The van der Waals surface area contributed by atoms with Gasteiger partial charge in [-0.2, -0.15) is 4.89 Å². The Morgan fingerprint density at radius 2 is 1.55 bits per heavy atom. The number of rotatable bonds is 10. The first-order valence-electron chi connectivity index (χ1n) is 7.37. The summed E-state index contributed by atoms with van der Waals surface area (Å²) in [5.74, 6) is 0.355. The molecule has 0 amide bonds. The molecule has 0 bridgehead atoms. The van der Waals surface area contributed by atoms with Crippen molar-refractivity contribution >= 4 is 5.97 Å². The molecule has 4 nitrogen and oxygen atoms in total. The van der Waals surface area contributed by atoms with Crippen molar-refractivity contribution in [3.63, 3.8) is 0 Å². The van der Waals surface area contributed by atoms with Gasteiger partial charge < -0.3 is 9.62 Å². The first-order valence-corrected chi connectivity index (χ1v) is 7.37. The number of hydrogen-bond acceptors (Lipinski definition) is 4. The van der Waals surface area contributed by atoms with E-state index in [9.17, 15) is 4.79 Å². The van der Waals surface area contributed by atoms with Gasteiger partial charge in [-0.25, -0.2) is 0 Å². The van der Waals surface area contributed by atoms with Crippen molar-refractivity contribution in [3.05, 3.63) is 12.3 Å². The highest BCUT2D eigenvalue weighted by Crippen LogP contribution is 2.19. The van der Waals surface area contributed by atoms with Crippen LogP contribution in [-0.4, -0.2) is 17.2 Å². The summed E-state index contributed by atoms with van der Waals surface area (Å²) in [6.07, 6.45) is 3.24. The second kappa shape index (κ2) is 8.30. The van der Waals surface area contributed by atoms with E-state index >= 15 is 0 Å². The normalized spacial score (nSPS) is 12.1. The van der Waals surface area contributed by atoms with Crippen molar-refractivity contribution in [2.45, 2.75) is 84.8 Å². The molecule has 0 aromatic carbocycles. The molecule has 0 aromatic rings. The topological polar surface area (TPSA) is 44.8 Å². The Balaban J connectivity index is 3.85. The molecule has 0 unspecified atom stereocenters. The molecule has 4 heteroatoms. The third kappa shape index (κ3) is 8.97. The van der Waals surface area contributed by atoms with Gasteiger partial charge in [0.05, 0.1) is 0 Å². The minimum Gasteiger partial charge on any atom is -0.460 e. The van der Waals surface area contributed by atoms with Gasteiger partial charge in [-0.15, -0.1) is 0 Å². The van der Waals surface area contributed by atoms with E-state index in [0.29, 0.717) is 25.0 Å². The molecule has 118 valence electrons. The summed E-state index contributed by atoms with van der Waals surface area (Å²) in [5.41, 5.74) is -0.716. The van der Waals surface area contributed by atoms with Gasteiger partial charge in [-0.05, 0) is 47.0 Å². The van der Waals surface area contributed by atoms with Crippen LogP contribution in [0.2, 0.25) is 0 Å². The van der Waals surface area contributed by atoms with Crippen molar-refractivity contribution < 1.29 is 19.3 Å². The quantitative estimate of drug-likeness (QED) is 0.256. The third-order valence-corrected chi connectivity index (χ3v) is 3.31. The molecule has 0 fully saturated rings. The fraction of sp³-hybridized carbons (Fsp3) is 0.812. The number of carbonyl (C=O) groups excluding carboxylic acids is 1. The second-order valence-corrected chi connectivity index (χ2v) is 6.26. The van der Waals surface area contributed by atoms with Crippen LogP contribution in [0.15, 0.2) is 12.3 Å². The van der Waals surface area contributed by atoms with Crippen molar-refractivity contribution in [2.75, 3.05) is 0 Å². The molecule has 0 heterocycles. The number of hydrogen-bond donors (Lipinski definition) is 0. The summed E-state index contributed by atoms with van der Waals surface area (Å²) < 4.78 is 5.36. The lowest BCUT2D eigenvalue weighted by molar-refractivity contribution is -0.328. The number of ether oxygens (including phenoxy) is 1. The monoisotopic (exact) mass is 286 g/mol. The van der Waals surface area contributed by atoms with Crippen LogP contribution in [-0.2, 0) is 19.3 Å². The predicted octanol–water partition coefficient (Wildman–Crippen LogP) is 4.54. The highest BCUT2D eigenvalue weighted by atomic mass is 17.2. The zero-order chi connectivity index (χ0) is 15.8. The molecule has 0 saturated carbocycles. The zero-order valence-corrected chi connectivity index (χ0v) is 13.9. The van der Waals surface area contributed by atoms with Crippen LogP contribution in [0.25, 0.3) is 0 Å². The van der Waals surface area contributed by atoms with Crippen LogP contribution >= 0.6 is 0 Å². The highest BCUT2D eigenvalue weighted by Gasteiger charge is 2.20. The SMILES string of the molecule is C=C(CCCC(=O)OC(C)(C)CC)OOC(C)(C)CC. The zero-order valence-electron chi connectivity index (χ0n) is 13.9. The molecular formula is C16H30O4. The molecule has 0 N–H and O–H groups in total. The molecule has 0 atom stereocenters. The van der Waals surface area contributed by atoms with Crippen molar-refractivity contribution in [1.29, 1.82) is 0 Å². The summed E-state index contributed by atoms with van der Waals surface area (Å²) in [6.45, 7) is 15.5. The Morgan fingerprint density at radius 1 is 1.00 bits per heavy atom. The molecule has 0 aliphatic rings. The maximum atomic E-state index is 11.6. The largest absolute Gasteiger partial charge is 0.460 e. The van der Waals surface area contributed by atoms with E-state index in [4.69, 9.17) is 14.5 Å². The van der Waals surface area contributed by atoms with E-state index in [0.717, 1.165) is 12.8 Å². The standard InChI is InChI=1S/C16H30O4/c1-8-15(4,5)18-14(17)12-10-11-13(3)19-20-16(6,7)9-2/h3,8-12H2,1-2,4-7H3. The minimum atomic E-state index is -0.390. The molecule has 0 saturated heterocycles. The van der Waals surface area contributed by atoms with Gasteiger partial charge in [0, 0.05) is 12.8 Å². The van der Waals surface area contributed by atoms with E-state index in [-0.39, 0.29) is 11.6 Å². The Morgan fingerprint density at radius 3 is 2.05 bits per heavy atom. The number of esters is 1. The Bertz CT molecular complexity index is 318. The predicted molar refractivity (Wildman–Crippen MR) is 80.0 cm³/mol. The van der Waals surface area contributed by atoms with Crippen LogP contribution in [0.4, 0.5) is 0 Å². The summed E-state index contributed by atoms with van der Waals surface area (Å²) in [7, 11) is 0. The molecule has 0 aliphatic carbocycles. The first-order chi connectivity index (χ1) is 9.12. The van der Waals surface area contributed by atoms with Gasteiger partial charge in [-0.1, -0.05) is 20.4 Å². The summed E-state index contributed by atoms with van der Waals surface area (Å²) in [4.78, 5) is 22.1. The van der Waals surface area contributed by atoms with Crippen LogP contribution in [0.3, 0.4) is 0 Å². The van der Waals surface area contributed by atoms with Crippen molar-refractivity contribution in [3.8, 4) is 0 Å². The second-order valence-electron chi connectivity index (χ2n) is 6.26. The van der Waals surface area contributed by atoms with Crippen LogP contribution in [0, 0.1) is 0 Å². The van der Waals surface area contributed by atoms with E-state index in [2.05, 4.69) is 6.58 Å². The van der Waals surface area contributed by atoms with Gasteiger partial charge in [0.15, 0.2) is 0 Å². The molecule has 0 spiro atoms. The summed E-state index contributed by atoms with van der Waals surface area (Å²) in [5, 5.41) is 0. The minimum absolute atomic E-state index is 0.181. The lowest BCUT2D eigenvalue weighted by atomic mass is 10.1. The Labute approximate surface area is 123 Å². The van der Waals surface area contributed by atoms with E-state index < -0.39 is 5.60 Å². The summed E-state index contributed by atoms with van der Waals surface area (Å²) >= 11 is 0. The number of carbonyl (C=O) groups is 1. The van der Waals surface area contributed by atoms with Crippen LogP contribution in [0.5, 0.6) is 0 Å². The first kappa shape index (κ1) is 19.0. The molecule has 20 heavy (non-hydrogen) atoms. The lowest BCUT2D eigenvalue weighted by Crippen LogP contribution is -2.26. The van der Waals surface area contributed by atoms with Gasteiger partial charge in [0.2, 0.25) is 0 Å². The molecule has 0 radical (unpaired) electrons. The average molecular weight is 286 g/mol. The maximum absolute atomic E-state index is 11.6. The third-order valence-electron chi connectivity index (χ3n) is 3.31. The van der Waals surface area contributed by atoms with Crippen LogP contribution in [0.1, 0.15) is 73.6 Å². The smallest absolute Gasteiger partial charge is 0.306 e. The molecule has 0 rings (SSSR count). The van der Waals surface area contributed by atoms with Gasteiger partial charge in [0.25, 0.3) is 0 Å². The van der Waals surface area contributed by atoms with Gasteiger partial charge in [0.1, 0.15) is 17.0 Å². The van der Waals surface area contributed by atoms with E-state index in [1.165, 1.54) is 0 Å². The van der Waals surface area contributed by atoms with Crippen molar-refractivity contribution in [1.82, 2.24) is 0 Å². The highest BCUT2D eigenvalue weighted by molar-refractivity contribution is 5.69. The van der Waals surface area contributed by atoms with Gasteiger partial charge in [-0.3, -0.25) is 4.79 Å². The van der Waals surface area contributed by atoms with E-state index in [1.807, 2.05) is 41.5 Å². The van der Waals surface area contributed by atoms with Crippen LogP contribution < -0.4 is 0 Å². The van der Waals surface area contributed by atoms with Crippen molar-refractivity contribution in [2.24, 2.45) is 0 Å².